The van der Waals surface area contributed by atoms with Gasteiger partial charge in [0.2, 0.25) is 0 Å². The fraction of sp³-hybridized carbons (Fsp3) is 0.263. The third-order valence-electron chi connectivity index (χ3n) is 3.75. The lowest BCUT2D eigenvalue weighted by Crippen LogP contribution is -2.02. The van der Waals surface area contributed by atoms with Crippen molar-refractivity contribution < 1.29 is 27.4 Å². The minimum Gasteiger partial charge on any atom is -0.497 e. The fourth-order valence-corrected chi connectivity index (χ4v) is 3.49. The average Bonchev–Trinajstić information content (AvgIpc) is 2.66. The van der Waals surface area contributed by atoms with Crippen molar-refractivity contribution in [3.8, 4) is 23.0 Å². The summed E-state index contributed by atoms with van der Waals surface area (Å²) in [5.74, 6) is 2.03. The van der Waals surface area contributed by atoms with E-state index in [9.17, 15) is 8.42 Å². The lowest BCUT2D eigenvalue weighted by molar-refractivity contribution is 0.392. The molecule has 0 amide bonds. The molecule has 0 heterocycles. The molecule has 2 aromatic rings. The second-order valence-corrected chi connectivity index (χ2v) is 7.28. The van der Waals surface area contributed by atoms with Crippen molar-refractivity contribution >= 4 is 15.9 Å². The van der Waals surface area contributed by atoms with Crippen LogP contribution in [0.4, 0.5) is 0 Å². The minimum absolute atomic E-state index is 0.185. The Labute approximate surface area is 153 Å². The maximum atomic E-state index is 12.5. The normalized spacial score (nSPS) is 11.4. The zero-order valence-electron chi connectivity index (χ0n) is 15.2. The Balaban J connectivity index is 2.25. The predicted octanol–water partition coefficient (Wildman–Crippen LogP) is 3.31. The van der Waals surface area contributed by atoms with Crippen LogP contribution < -0.4 is 18.9 Å². The van der Waals surface area contributed by atoms with Gasteiger partial charge in [-0.25, -0.2) is 8.42 Å². The van der Waals surface area contributed by atoms with Gasteiger partial charge in [-0.3, -0.25) is 0 Å². The van der Waals surface area contributed by atoms with Gasteiger partial charge < -0.3 is 18.9 Å². The van der Waals surface area contributed by atoms with E-state index in [2.05, 4.69) is 0 Å². The first-order chi connectivity index (χ1) is 12.4. The molecular weight excluding hydrogens is 356 g/mol. The highest BCUT2D eigenvalue weighted by atomic mass is 32.2. The largest absolute Gasteiger partial charge is 0.497 e. The van der Waals surface area contributed by atoms with E-state index in [0.717, 1.165) is 0 Å². The summed E-state index contributed by atoms with van der Waals surface area (Å²) in [4.78, 5) is 0. The maximum Gasteiger partial charge on any atom is 0.175 e. The molecule has 2 aromatic carbocycles. The molecule has 0 unspecified atom stereocenters. The van der Waals surface area contributed by atoms with Gasteiger partial charge in [0.25, 0.3) is 0 Å². The SMILES string of the molecule is COc1ccc(C=CS(=O)(=O)Cc2ccc(OC)cc2OC)c(OC)c1. The number of benzene rings is 2. The molecule has 6 nitrogen and oxygen atoms in total. The molecule has 0 N–H and O–H groups in total. The Hall–Kier alpha value is -2.67. The first kappa shape index (κ1) is 19.7. The molecule has 0 aliphatic heterocycles. The average molecular weight is 378 g/mol. The van der Waals surface area contributed by atoms with Crippen molar-refractivity contribution in [1.82, 2.24) is 0 Å². The lowest BCUT2D eigenvalue weighted by Gasteiger charge is -2.10. The first-order valence-corrected chi connectivity index (χ1v) is 9.47. The molecule has 140 valence electrons. The van der Waals surface area contributed by atoms with Crippen molar-refractivity contribution in [3.05, 3.63) is 52.9 Å². The van der Waals surface area contributed by atoms with Crippen LogP contribution in [-0.2, 0) is 15.6 Å². The predicted molar refractivity (Wildman–Crippen MR) is 101 cm³/mol. The highest BCUT2D eigenvalue weighted by Crippen LogP contribution is 2.28. The molecule has 2 rings (SSSR count). The molecule has 0 aliphatic carbocycles. The van der Waals surface area contributed by atoms with Crippen LogP contribution in [0.5, 0.6) is 23.0 Å². The van der Waals surface area contributed by atoms with Gasteiger partial charge in [-0.15, -0.1) is 0 Å². The Morgan fingerprint density at radius 3 is 1.96 bits per heavy atom. The third kappa shape index (κ3) is 4.92. The van der Waals surface area contributed by atoms with Crippen LogP contribution in [0.15, 0.2) is 41.8 Å². The van der Waals surface area contributed by atoms with Crippen molar-refractivity contribution in [2.75, 3.05) is 28.4 Å². The molecule has 0 aromatic heterocycles. The van der Waals surface area contributed by atoms with Crippen LogP contribution in [0.2, 0.25) is 0 Å². The summed E-state index contributed by atoms with van der Waals surface area (Å²) in [6.45, 7) is 0. The van der Waals surface area contributed by atoms with E-state index in [1.165, 1.54) is 32.8 Å². The standard InChI is InChI=1S/C19H22O6S/c1-22-16-7-5-14(18(11-16)24-3)9-10-26(20,21)13-15-6-8-17(23-2)12-19(15)25-4/h5-12H,13H2,1-4H3. The summed E-state index contributed by atoms with van der Waals surface area (Å²) in [6.07, 6.45) is 1.50. The van der Waals surface area contributed by atoms with Gasteiger partial charge in [-0.05, 0) is 24.3 Å². The summed E-state index contributed by atoms with van der Waals surface area (Å²) < 4.78 is 45.7. The van der Waals surface area contributed by atoms with Gasteiger partial charge in [0, 0.05) is 28.7 Å². The van der Waals surface area contributed by atoms with E-state index < -0.39 is 9.84 Å². The minimum atomic E-state index is -3.51. The molecule has 7 heteroatoms. The number of ether oxygens (including phenoxy) is 4. The Morgan fingerprint density at radius 2 is 1.38 bits per heavy atom. The van der Waals surface area contributed by atoms with E-state index in [-0.39, 0.29) is 5.75 Å². The smallest absolute Gasteiger partial charge is 0.175 e. The highest BCUT2D eigenvalue weighted by Gasteiger charge is 2.14. The number of rotatable bonds is 8. The van der Waals surface area contributed by atoms with E-state index in [1.54, 1.807) is 43.5 Å². The maximum absolute atomic E-state index is 12.5. The van der Waals surface area contributed by atoms with Crippen LogP contribution >= 0.6 is 0 Å². The molecule has 26 heavy (non-hydrogen) atoms. The zero-order chi connectivity index (χ0) is 19.2. The fourth-order valence-electron chi connectivity index (χ4n) is 2.37. The Morgan fingerprint density at radius 1 is 0.808 bits per heavy atom. The molecule has 0 atom stereocenters. The van der Waals surface area contributed by atoms with Crippen LogP contribution in [0.25, 0.3) is 6.08 Å². The van der Waals surface area contributed by atoms with Crippen LogP contribution in [0.3, 0.4) is 0 Å². The molecule has 0 radical (unpaired) electrons. The van der Waals surface area contributed by atoms with E-state index in [1.807, 2.05) is 0 Å². The molecule has 0 bridgehead atoms. The second kappa shape index (κ2) is 8.62. The van der Waals surface area contributed by atoms with Crippen molar-refractivity contribution in [1.29, 1.82) is 0 Å². The van der Waals surface area contributed by atoms with Crippen LogP contribution in [0, 0.1) is 0 Å². The van der Waals surface area contributed by atoms with Gasteiger partial charge in [-0.1, -0.05) is 6.07 Å². The van der Waals surface area contributed by atoms with E-state index >= 15 is 0 Å². The van der Waals surface area contributed by atoms with Gasteiger partial charge >= 0.3 is 0 Å². The van der Waals surface area contributed by atoms with Crippen LogP contribution in [0.1, 0.15) is 11.1 Å². The van der Waals surface area contributed by atoms with Gasteiger partial charge in [0.15, 0.2) is 9.84 Å². The molecule has 0 fully saturated rings. The summed E-state index contributed by atoms with van der Waals surface area (Å²) in [7, 11) is 2.58. The molecule has 0 aliphatic rings. The molecule has 0 spiro atoms. The zero-order valence-corrected chi connectivity index (χ0v) is 16.0. The molecule has 0 saturated heterocycles. The topological polar surface area (TPSA) is 71.1 Å². The number of hydrogen-bond donors (Lipinski definition) is 0. The number of sulfone groups is 1. The van der Waals surface area contributed by atoms with Crippen molar-refractivity contribution in [2.45, 2.75) is 5.75 Å². The number of methoxy groups -OCH3 is 4. The van der Waals surface area contributed by atoms with Crippen molar-refractivity contribution in [3.63, 3.8) is 0 Å². The molecular formula is C19H22O6S. The quantitative estimate of drug-likeness (QED) is 0.702. The summed E-state index contributed by atoms with van der Waals surface area (Å²) in [5, 5.41) is 1.17. The highest BCUT2D eigenvalue weighted by molar-refractivity contribution is 7.93. The van der Waals surface area contributed by atoms with E-state index in [0.29, 0.717) is 34.1 Å². The summed E-state index contributed by atoms with van der Waals surface area (Å²) in [6, 6.07) is 10.2. The Bertz CT molecular complexity index is 887. The summed E-state index contributed by atoms with van der Waals surface area (Å²) >= 11 is 0. The van der Waals surface area contributed by atoms with E-state index in [4.69, 9.17) is 18.9 Å². The van der Waals surface area contributed by atoms with Gasteiger partial charge in [0.05, 0.1) is 34.2 Å². The third-order valence-corrected chi connectivity index (χ3v) is 5.01. The second-order valence-electron chi connectivity index (χ2n) is 5.40. The monoisotopic (exact) mass is 378 g/mol. The van der Waals surface area contributed by atoms with Crippen molar-refractivity contribution in [2.24, 2.45) is 0 Å². The van der Waals surface area contributed by atoms with Crippen LogP contribution in [-0.4, -0.2) is 36.9 Å². The lowest BCUT2D eigenvalue weighted by atomic mass is 10.2. The molecule has 0 saturated carbocycles. The van der Waals surface area contributed by atoms with Gasteiger partial charge in [-0.2, -0.15) is 0 Å². The number of hydrogen-bond acceptors (Lipinski definition) is 6. The Kier molecular flexibility index (Phi) is 6.52. The van der Waals surface area contributed by atoms with Gasteiger partial charge in [0.1, 0.15) is 23.0 Å². The summed E-state index contributed by atoms with van der Waals surface area (Å²) in [5.41, 5.74) is 1.19. The first-order valence-electron chi connectivity index (χ1n) is 7.76.